The summed E-state index contributed by atoms with van der Waals surface area (Å²) in [7, 11) is 0. The maximum absolute atomic E-state index is 11.9. The maximum atomic E-state index is 11.9. The summed E-state index contributed by atoms with van der Waals surface area (Å²) in [6.45, 7) is 4.81. The monoisotopic (exact) mass is 263 g/mol. The third kappa shape index (κ3) is 3.32. The molecule has 102 valence electrons. The number of benzene rings is 1. The second-order valence-corrected chi connectivity index (χ2v) is 4.20. The van der Waals surface area contributed by atoms with E-state index in [1.165, 1.54) is 0 Å². The van der Waals surface area contributed by atoms with Crippen molar-refractivity contribution in [2.45, 2.75) is 6.92 Å². The Morgan fingerprint density at radius 1 is 1.32 bits per heavy atom. The molecule has 0 N–H and O–H groups in total. The molecule has 0 spiro atoms. The van der Waals surface area contributed by atoms with Crippen LogP contribution in [-0.4, -0.2) is 44.7 Å². The minimum atomic E-state index is -0.804. The van der Waals surface area contributed by atoms with Crippen molar-refractivity contribution in [2.24, 2.45) is 0 Å². The van der Waals surface area contributed by atoms with Gasteiger partial charge in [-0.3, -0.25) is 4.79 Å². The number of nitrogens with zero attached hydrogens (tertiary/aromatic N) is 1. The highest BCUT2D eigenvalue weighted by Crippen LogP contribution is 2.18. The van der Waals surface area contributed by atoms with Gasteiger partial charge < -0.3 is 14.4 Å². The van der Waals surface area contributed by atoms with Gasteiger partial charge in [0.2, 0.25) is 0 Å². The zero-order valence-corrected chi connectivity index (χ0v) is 10.9. The van der Waals surface area contributed by atoms with Crippen molar-refractivity contribution in [3.05, 3.63) is 29.8 Å². The maximum Gasteiger partial charge on any atom is 0.379 e. The van der Waals surface area contributed by atoms with Gasteiger partial charge in [0, 0.05) is 24.3 Å². The number of hydrogen-bond donors (Lipinski definition) is 0. The van der Waals surface area contributed by atoms with Gasteiger partial charge in [-0.2, -0.15) is 0 Å². The number of hydrogen-bond acceptors (Lipinski definition) is 5. The molecular formula is C14H17NO4. The van der Waals surface area contributed by atoms with E-state index in [0.717, 1.165) is 18.8 Å². The predicted molar refractivity (Wildman–Crippen MR) is 70.4 cm³/mol. The highest BCUT2D eigenvalue weighted by molar-refractivity contribution is 6.40. The molecule has 1 aliphatic rings. The first-order valence-corrected chi connectivity index (χ1v) is 6.36. The summed E-state index contributed by atoms with van der Waals surface area (Å²) in [5, 5.41) is 0. The van der Waals surface area contributed by atoms with E-state index >= 15 is 0 Å². The molecule has 0 saturated carbocycles. The lowest BCUT2D eigenvalue weighted by atomic mass is 10.1. The zero-order valence-electron chi connectivity index (χ0n) is 10.9. The molecule has 5 nitrogen and oxygen atoms in total. The first-order valence-electron chi connectivity index (χ1n) is 6.36. The Hall–Kier alpha value is -1.88. The number of carbonyl (C=O) groups is 2. The molecule has 0 aliphatic carbocycles. The van der Waals surface area contributed by atoms with Gasteiger partial charge in [0.05, 0.1) is 19.8 Å². The van der Waals surface area contributed by atoms with Crippen molar-refractivity contribution in [3.63, 3.8) is 0 Å². The number of esters is 1. The predicted octanol–water partition coefficient (Wildman–Crippen LogP) is 1.27. The topological polar surface area (TPSA) is 55.8 Å². The van der Waals surface area contributed by atoms with Crippen molar-refractivity contribution in [3.8, 4) is 0 Å². The largest absolute Gasteiger partial charge is 0.460 e. The number of anilines is 1. The minimum Gasteiger partial charge on any atom is -0.460 e. The van der Waals surface area contributed by atoms with Crippen LogP contribution in [0.15, 0.2) is 24.3 Å². The van der Waals surface area contributed by atoms with Crippen LogP contribution in [0.1, 0.15) is 17.3 Å². The van der Waals surface area contributed by atoms with E-state index in [4.69, 9.17) is 9.47 Å². The molecular weight excluding hydrogens is 246 g/mol. The van der Waals surface area contributed by atoms with Gasteiger partial charge in [0.1, 0.15) is 0 Å². The van der Waals surface area contributed by atoms with Crippen LogP contribution >= 0.6 is 0 Å². The van der Waals surface area contributed by atoms with Crippen LogP contribution in [-0.2, 0) is 14.3 Å². The Labute approximate surface area is 112 Å². The third-order valence-corrected chi connectivity index (χ3v) is 2.95. The summed E-state index contributed by atoms with van der Waals surface area (Å²) in [5.74, 6) is -1.40. The van der Waals surface area contributed by atoms with E-state index < -0.39 is 11.8 Å². The van der Waals surface area contributed by atoms with Crippen molar-refractivity contribution in [2.75, 3.05) is 37.8 Å². The first-order chi connectivity index (χ1) is 9.22. The number of morpholine rings is 1. The van der Waals surface area contributed by atoms with E-state index in [1.54, 1.807) is 25.1 Å². The summed E-state index contributed by atoms with van der Waals surface area (Å²) in [5.41, 5.74) is 1.29. The van der Waals surface area contributed by atoms with Gasteiger partial charge in [-0.15, -0.1) is 0 Å². The molecule has 1 fully saturated rings. The third-order valence-electron chi connectivity index (χ3n) is 2.95. The van der Waals surface area contributed by atoms with E-state index in [2.05, 4.69) is 4.90 Å². The van der Waals surface area contributed by atoms with E-state index in [0.29, 0.717) is 18.8 Å². The molecule has 1 saturated heterocycles. The van der Waals surface area contributed by atoms with Crippen LogP contribution in [0.5, 0.6) is 0 Å². The van der Waals surface area contributed by atoms with E-state index in [-0.39, 0.29) is 6.61 Å². The fourth-order valence-electron chi connectivity index (χ4n) is 1.98. The molecule has 0 aromatic heterocycles. The van der Waals surface area contributed by atoms with Crippen molar-refractivity contribution >= 4 is 17.4 Å². The molecule has 1 aromatic carbocycles. The van der Waals surface area contributed by atoms with Crippen LogP contribution in [0, 0.1) is 0 Å². The van der Waals surface area contributed by atoms with Gasteiger partial charge in [-0.1, -0.05) is 12.1 Å². The van der Waals surface area contributed by atoms with Crippen LogP contribution in [0.4, 0.5) is 5.69 Å². The summed E-state index contributed by atoms with van der Waals surface area (Å²) in [6.07, 6.45) is 0. The lowest BCUT2D eigenvalue weighted by Gasteiger charge is -2.29. The SMILES string of the molecule is CCOC(=O)C(=O)c1cccc(N2CCOCC2)c1. The zero-order chi connectivity index (χ0) is 13.7. The summed E-state index contributed by atoms with van der Waals surface area (Å²) in [4.78, 5) is 25.4. The number of ether oxygens (including phenoxy) is 2. The molecule has 0 radical (unpaired) electrons. The average Bonchev–Trinajstić information content (AvgIpc) is 2.48. The Balaban J connectivity index is 2.14. The Kier molecular flexibility index (Phi) is 4.52. The van der Waals surface area contributed by atoms with Gasteiger partial charge in [-0.05, 0) is 19.1 Å². The average molecular weight is 263 g/mol. The van der Waals surface area contributed by atoms with E-state index in [1.807, 2.05) is 6.07 Å². The normalized spacial score (nSPS) is 15.1. The molecule has 0 bridgehead atoms. The molecule has 2 rings (SSSR count). The molecule has 0 amide bonds. The van der Waals surface area contributed by atoms with Crippen LogP contribution in [0.3, 0.4) is 0 Å². The summed E-state index contributed by atoms with van der Waals surface area (Å²) in [6, 6.07) is 7.05. The number of Topliss-reactive ketones (excluding diaryl/α,β-unsaturated/α-hetero) is 1. The van der Waals surface area contributed by atoms with Crippen molar-refractivity contribution in [1.82, 2.24) is 0 Å². The fourth-order valence-corrected chi connectivity index (χ4v) is 1.98. The summed E-state index contributed by atoms with van der Waals surface area (Å²) >= 11 is 0. The standard InChI is InChI=1S/C14H17NO4/c1-2-19-14(17)13(16)11-4-3-5-12(10-11)15-6-8-18-9-7-15/h3-5,10H,2,6-9H2,1H3. The Morgan fingerprint density at radius 2 is 2.05 bits per heavy atom. The molecule has 19 heavy (non-hydrogen) atoms. The molecule has 1 aliphatic heterocycles. The van der Waals surface area contributed by atoms with Crippen LogP contribution in [0.2, 0.25) is 0 Å². The van der Waals surface area contributed by atoms with Crippen LogP contribution in [0.25, 0.3) is 0 Å². The highest BCUT2D eigenvalue weighted by Gasteiger charge is 2.19. The van der Waals surface area contributed by atoms with Crippen LogP contribution < -0.4 is 4.90 Å². The quantitative estimate of drug-likeness (QED) is 0.465. The van der Waals surface area contributed by atoms with Gasteiger partial charge in [0.15, 0.2) is 0 Å². The Bertz CT molecular complexity index is 466. The van der Waals surface area contributed by atoms with Gasteiger partial charge in [0.25, 0.3) is 5.78 Å². The summed E-state index contributed by atoms with van der Waals surface area (Å²) < 4.78 is 10.0. The number of ketones is 1. The smallest absolute Gasteiger partial charge is 0.379 e. The molecule has 5 heteroatoms. The van der Waals surface area contributed by atoms with Crippen molar-refractivity contribution in [1.29, 1.82) is 0 Å². The molecule has 0 unspecified atom stereocenters. The first kappa shape index (κ1) is 13.5. The molecule has 0 atom stereocenters. The van der Waals surface area contributed by atoms with E-state index in [9.17, 15) is 9.59 Å². The number of rotatable bonds is 4. The highest BCUT2D eigenvalue weighted by atomic mass is 16.5. The van der Waals surface area contributed by atoms with Gasteiger partial charge >= 0.3 is 5.97 Å². The second kappa shape index (κ2) is 6.33. The molecule has 1 aromatic rings. The fraction of sp³-hybridized carbons (Fsp3) is 0.429. The molecule has 1 heterocycles. The Morgan fingerprint density at radius 3 is 2.74 bits per heavy atom. The van der Waals surface area contributed by atoms with Gasteiger partial charge in [-0.25, -0.2) is 4.79 Å². The van der Waals surface area contributed by atoms with Crippen molar-refractivity contribution < 1.29 is 19.1 Å². The lowest BCUT2D eigenvalue weighted by Crippen LogP contribution is -2.36. The number of carbonyl (C=O) groups excluding carboxylic acids is 2. The minimum absolute atomic E-state index is 0.202. The second-order valence-electron chi connectivity index (χ2n) is 4.20. The lowest BCUT2D eigenvalue weighted by molar-refractivity contribution is -0.137.